The van der Waals surface area contributed by atoms with Gasteiger partial charge in [0, 0.05) is 29.2 Å². The van der Waals surface area contributed by atoms with E-state index in [1.54, 1.807) is 12.1 Å². The highest BCUT2D eigenvalue weighted by atomic mass is 32.1. The SMILES string of the molecule is CN1CCC(NC(=O)c2sc3c(N)ccc4c3c2C(N)C(=O)C4(N)c2cccc(-c3ccccc3)c2)C1. The van der Waals surface area contributed by atoms with E-state index in [4.69, 9.17) is 17.2 Å². The molecule has 0 radical (unpaired) electrons. The Hall–Kier alpha value is -3.56. The number of hydrogen-bond donors (Lipinski definition) is 4. The lowest BCUT2D eigenvalue weighted by Crippen LogP contribution is -2.52. The Morgan fingerprint density at radius 1 is 1.08 bits per heavy atom. The molecule has 0 saturated carbocycles. The minimum atomic E-state index is -1.48. The zero-order chi connectivity index (χ0) is 25.9. The summed E-state index contributed by atoms with van der Waals surface area (Å²) in [5.41, 5.74) is 22.9. The molecule has 37 heavy (non-hydrogen) atoms. The number of benzene rings is 3. The van der Waals surface area contributed by atoms with Gasteiger partial charge in [0.2, 0.25) is 0 Å². The molecule has 0 spiro atoms. The van der Waals surface area contributed by atoms with E-state index in [-0.39, 0.29) is 17.7 Å². The molecule has 8 heteroatoms. The molecule has 188 valence electrons. The van der Waals surface area contributed by atoms with Gasteiger partial charge in [-0.1, -0.05) is 54.6 Å². The van der Waals surface area contributed by atoms with Crippen molar-refractivity contribution in [2.45, 2.75) is 24.0 Å². The van der Waals surface area contributed by atoms with Crippen LogP contribution >= 0.6 is 11.3 Å². The van der Waals surface area contributed by atoms with E-state index in [9.17, 15) is 9.59 Å². The highest BCUT2D eigenvalue weighted by Crippen LogP contribution is 2.49. The number of thiophene rings is 1. The summed E-state index contributed by atoms with van der Waals surface area (Å²) >= 11 is 1.28. The number of nitrogens with two attached hydrogens (primary N) is 3. The van der Waals surface area contributed by atoms with Gasteiger partial charge in [-0.2, -0.15) is 0 Å². The Morgan fingerprint density at radius 3 is 2.57 bits per heavy atom. The summed E-state index contributed by atoms with van der Waals surface area (Å²) in [6.07, 6.45) is 0.879. The second-order valence-electron chi connectivity index (χ2n) is 10.1. The largest absolute Gasteiger partial charge is 0.398 e. The number of nitrogens with one attached hydrogen (secondary N) is 1. The van der Waals surface area contributed by atoms with Gasteiger partial charge >= 0.3 is 0 Å². The first-order valence-corrected chi connectivity index (χ1v) is 13.2. The van der Waals surface area contributed by atoms with Gasteiger partial charge in [-0.25, -0.2) is 0 Å². The molecular weight excluding hydrogens is 482 g/mol. The van der Waals surface area contributed by atoms with Crippen molar-refractivity contribution in [3.63, 3.8) is 0 Å². The Kier molecular flexibility index (Phi) is 5.65. The maximum Gasteiger partial charge on any atom is 0.262 e. The number of hydrogen-bond acceptors (Lipinski definition) is 7. The summed E-state index contributed by atoms with van der Waals surface area (Å²) < 4.78 is 0.734. The van der Waals surface area contributed by atoms with Crippen molar-refractivity contribution in [1.29, 1.82) is 0 Å². The zero-order valence-corrected chi connectivity index (χ0v) is 21.3. The van der Waals surface area contributed by atoms with Gasteiger partial charge in [0.05, 0.1) is 15.6 Å². The number of nitrogens with zero attached hydrogens (tertiary/aromatic N) is 1. The number of likely N-dealkylation sites (tertiary alicyclic amines) is 1. The summed E-state index contributed by atoms with van der Waals surface area (Å²) in [5.74, 6) is -0.565. The third kappa shape index (κ3) is 3.67. The lowest BCUT2D eigenvalue weighted by atomic mass is 9.70. The molecule has 0 bridgehead atoms. The minimum absolute atomic E-state index is 0.0524. The molecule has 6 rings (SSSR count). The van der Waals surface area contributed by atoms with Crippen LogP contribution in [0.2, 0.25) is 0 Å². The second kappa shape index (κ2) is 8.78. The molecule has 1 aliphatic carbocycles. The van der Waals surface area contributed by atoms with E-state index in [1.165, 1.54) is 11.3 Å². The van der Waals surface area contributed by atoms with Crippen LogP contribution in [-0.2, 0) is 10.3 Å². The predicted molar refractivity (Wildman–Crippen MR) is 148 cm³/mol. The van der Waals surface area contributed by atoms with Crippen molar-refractivity contribution in [3.8, 4) is 11.1 Å². The van der Waals surface area contributed by atoms with E-state index < -0.39 is 11.6 Å². The van der Waals surface area contributed by atoms with E-state index in [0.717, 1.165) is 40.7 Å². The first kappa shape index (κ1) is 23.8. The first-order valence-electron chi connectivity index (χ1n) is 12.4. The Bertz CT molecular complexity index is 1550. The van der Waals surface area contributed by atoms with Gasteiger partial charge in [-0.05, 0) is 54.4 Å². The van der Waals surface area contributed by atoms with Gasteiger partial charge in [0.25, 0.3) is 5.91 Å². The number of rotatable bonds is 4. The average Bonchev–Trinajstić information content (AvgIpc) is 3.52. The number of Topliss-reactive ketones (excluding diaryl/α,β-unsaturated/α-hetero) is 1. The predicted octanol–water partition coefficient (Wildman–Crippen LogP) is 3.37. The van der Waals surface area contributed by atoms with Crippen molar-refractivity contribution in [2.75, 3.05) is 25.9 Å². The molecule has 3 unspecified atom stereocenters. The van der Waals surface area contributed by atoms with E-state index in [2.05, 4.69) is 10.2 Å². The highest BCUT2D eigenvalue weighted by molar-refractivity contribution is 7.21. The molecule has 3 atom stereocenters. The Balaban J connectivity index is 1.51. The number of nitrogen functional groups attached to an aromatic ring is 1. The van der Waals surface area contributed by atoms with Crippen molar-refractivity contribution in [3.05, 3.63) is 88.3 Å². The maximum absolute atomic E-state index is 14.0. The molecule has 7 nitrogen and oxygen atoms in total. The Labute approximate surface area is 219 Å². The number of amides is 1. The number of carbonyl (C=O) groups excluding carboxylic acids is 2. The van der Waals surface area contributed by atoms with Crippen molar-refractivity contribution >= 4 is 38.8 Å². The van der Waals surface area contributed by atoms with E-state index in [1.807, 2.05) is 61.6 Å². The van der Waals surface area contributed by atoms with Crippen molar-refractivity contribution in [1.82, 2.24) is 10.2 Å². The fraction of sp³-hybridized carbons (Fsp3) is 0.241. The topological polar surface area (TPSA) is 127 Å². The molecular formula is C29H29N5O2S. The number of ketones is 1. The van der Waals surface area contributed by atoms with Crippen LogP contribution in [0.3, 0.4) is 0 Å². The normalized spacial score (nSPS) is 23.5. The van der Waals surface area contributed by atoms with Crippen LogP contribution in [0.4, 0.5) is 5.69 Å². The summed E-state index contributed by atoms with van der Waals surface area (Å²) in [7, 11) is 2.03. The molecule has 4 aromatic rings. The summed E-state index contributed by atoms with van der Waals surface area (Å²) in [5, 5.41) is 3.85. The van der Waals surface area contributed by atoms with Crippen LogP contribution < -0.4 is 22.5 Å². The zero-order valence-electron chi connectivity index (χ0n) is 20.5. The number of carbonyl (C=O) groups is 2. The standard InChI is InChI=1S/C29H29N5O2S/c1-34-13-12-19(15-34)33-28(36)26-23-22-20(10-11-21(30)25(22)37-26)29(32,27(35)24(23)31)18-9-5-8-17(14-18)16-6-3-2-4-7-16/h2-11,14,19,24H,12-13,15,30-32H2,1H3,(H,33,36). The first-order chi connectivity index (χ1) is 17.8. The van der Waals surface area contributed by atoms with Crippen LogP contribution in [0, 0.1) is 0 Å². The monoisotopic (exact) mass is 511 g/mol. The van der Waals surface area contributed by atoms with Crippen LogP contribution in [0.5, 0.6) is 0 Å². The van der Waals surface area contributed by atoms with Crippen molar-refractivity contribution in [2.24, 2.45) is 11.5 Å². The fourth-order valence-corrected chi connectivity index (χ4v) is 6.93. The van der Waals surface area contributed by atoms with Crippen molar-refractivity contribution < 1.29 is 9.59 Å². The average molecular weight is 512 g/mol. The highest BCUT2D eigenvalue weighted by Gasteiger charge is 2.49. The number of anilines is 1. The molecule has 1 aliphatic heterocycles. The minimum Gasteiger partial charge on any atom is -0.398 e. The lowest BCUT2D eigenvalue weighted by molar-refractivity contribution is -0.124. The summed E-state index contributed by atoms with van der Waals surface area (Å²) in [6.45, 7) is 1.71. The van der Waals surface area contributed by atoms with E-state index >= 15 is 0 Å². The molecule has 1 fully saturated rings. The van der Waals surface area contributed by atoms with E-state index in [0.29, 0.717) is 27.3 Å². The Morgan fingerprint density at radius 2 is 1.84 bits per heavy atom. The third-order valence-electron chi connectivity index (χ3n) is 7.67. The van der Waals surface area contributed by atoms with Gasteiger partial charge in [-0.15, -0.1) is 11.3 Å². The molecule has 1 aromatic heterocycles. The summed E-state index contributed by atoms with van der Waals surface area (Å²) in [6, 6.07) is 20.2. The smallest absolute Gasteiger partial charge is 0.262 e. The quantitative estimate of drug-likeness (QED) is 0.311. The fourth-order valence-electron chi connectivity index (χ4n) is 5.73. The van der Waals surface area contributed by atoms with Crippen LogP contribution in [0.25, 0.3) is 21.2 Å². The van der Waals surface area contributed by atoms with Gasteiger partial charge < -0.3 is 27.4 Å². The second-order valence-corrected chi connectivity index (χ2v) is 11.1. The van der Waals surface area contributed by atoms with Gasteiger partial charge in [0.15, 0.2) is 5.78 Å². The molecule has 2 heterocycles. The molecule has 7 N–H and O–H groups in total. The number of likely N-dealkylation sites (N-methyl/N-ethyl adjacent to an activating group) is 1. The van der Waals surface area contributed by atoms with Crippen LogP contribution in [0.15, 0.2) is 66.7 Å². The summed E-state index contributed by atoms with van der Waals surface area (Å²) in [4.78, 5) is 30.1. The van der Waals surface area contributed by atoms with Gasteiger partial charge in [-0.3, -0.25) is 9.59 Å². The maximum atomic E-state index is 14.0. The van der Waals surface area contributed by atoms with Gasteiger partial charge in [0.1, 0.15) is 5.54 Å². The molecule has 1 amide bonds. The molecule has 3 aromatic carbocycles. The molecule has 2 aliphatic rings. The van der Waals surface area contributed by atoms with Crippen LogP contribution in [0.1, 0.15) is 38.8 Å². The lowest BCUT2D eigenvalue weighted by Gasteiger charge is -2.36. The van der Waals surface area contributed by atoms with Crippen LogP contribution in [-0.4, -0.2) is 42.8 Å². The molecule has 1 saturated heterocycles. The third-order valence-corrected chi connectivity index (χ3v) is 8.92.